The van der Waals surface area contributed by atoms with E-state index < -0.39 is 0 Å². The van der Waals surface area contributed by atoms with E-state index in [-0.39, 0.29) is 6.09 Å². The van der Waals surface area contributed by atoms with Crippen molar-refractivity contribution in [3.05, 3.63) is 0 Å². The Labute approximate surface area is 172 Å². The Kier molecular flexibility index (Phi) is 6.65. The quantitative estimate of drug-likeness (QED) is 0.701. The van der Waals surface area contributed by atoms with Gasteiger partial charge in [0.25, 0.3) is 0 Å². The Morgan fingerprint density at radius 2 is 1.89 bits per heavy atom. The zero-order valence-electron chi connectivity index (χ0n) is 19.2. The summed E-state index contributed by atoms with van der Waals surface area (Å²) in [4.78, 5) is 19.3. The number of carbonyl (C=O) groups is 1. The van der Waals surface area contributed by atoms with Crippen LogP contribution in [-0.4, -0.2) is 78.8 Å². The lowest BCUT2D eigenvalue weighted by Crippen LogP contribution is -2.57. The number of ether oxygens (including phenoxy) is 1. The van der Waals surface area contributed by atoms with Gasteiger partial charge in [-0.2, -0.15) is 0 Å². The van der Waals surface area contributed by atoms with Crippen LogP contribution in [0.2, 0.25) is 0 Å². The summed E-state index contributed by atoms with van der Waals surface area (Å²) in [6.07, 6.45) is 7.32. The third kappa shape index (κ3) is 4.21. The molecule has 0 radical (unpaired) electrons. The van der Waals surface area contributed by atoms with Crippen molar-refractivity contribution in [2.75, 3.05) is 39.8 Å². The molecule has 1 aliphatic carbocycles. The highest BCUT2D eigenvalue weighted by Crippen LogP contribution is 2.52. The van der Waals surface area contributed by atoms with Crippen LogP contribution in [0, 0.1) is 10.8 Å². The number of amides is 1. The molecule has 3 aliphatic rings. The maximum absolute atomic E-state index is 11.9. The van der Waals surface area contributed by atoms with Crippen LogP contribution in [0.25, 0.3) is 0 Å². The summed E-state index contributed by atoms with van der Waals surface area (Å²) in [5.41, 5.74) is 0.685. The van der Waals surface area contributed by atoms with Crippen molar-refractivity contribution in [2.45, 2.75) is 91.3 Å². The van der Waals surface area contributed by atoms with Gasteiger partial charge in [-0.05, 0) is 69.4 Å². The number of carbonyl (C=O) groups excluding carboxylic acids is 1. The Morgan fingerprint density at radius 1 is 1.18 bits per heavy atom. The second-order valence-electron chi connectivity index (χ2n) is 10.4. The standard InChI is InChI=1S/C23H43N3O2/c1-7-11-24(8-2)19-9-12-26(18(3)22(4,5)14-19)20-15-23(16-20)10-13-25(17-23)21(27)28-6/h18-20H,7-17H2,1-6H3. The minimum Gasteiger partial charge on any atom is -0.453 e. The predicted octanol–water partition coefficient (Wildman–Crippen LogP) is 4.22. The lowest BCUT2D eigenvalue weighted by atomic mass is 9.63. The van der Waals surface area contributed by atoms with Gasteiger partial charge in [-0.25, -0.2) is 4.79 Å². The number of hydrogen-bond donors (Lipinski definition) is 0. The molecular formula is C23H43N3O2. The molecular weight excluding hydrogens is 350 g/mol. The minimum atomic E-state index is -0.150. The van der Waals surface area contributed by atoms with Crippen LogP contribution in [0.5, 0.6) is 0 Å². The summed E-state index contributed by atoms with van der Waals surface area (Å²) in [6, 6.07) is 2.01. The fourth-order valence-electron chi connectivity index (χ4n) is 6.24. The lowest BCUT2D eigenvalue weighted by molar-refractivity contribution is -0.0331. The topological polar surface area (TPSA) is 36.0 Å². The van der Waals surface area contributed by atoms with Crippen molar-refractivity contribution in [1.82, 2.24) is 14.7 Å². The molecule has 5 nitrogen and oxygen atoms in total. The molecule has 0 N–H and O–H groups in total. The molecule has 0 aromatic carbocycles. The summed E-state index contributed by atoms with van der Waals surface area (Å²) in [5.74, 6) is 0. The highest BCUT2D eigenvalue weighted by atomic mass is 16.5. The highest BCUT2D eigenvalue weighted by Gasteiger charge is 2.53. The molecule has 2 aliphatic heterocycles. The van der Waals surface area contributed by atoms with Gasteiger partial charge in [-0.15, -0.1) is 0 Å². The van der Waals surface area contributed by atoms with E-state index in [0.717, 1.165) is 19.5 Å². The van der Waals surface area contributed by atoms with E-state index >= 15 is 0 Å². The molecule has 2 saturated heterocycles. The Hall–Kier alpha value is -0.810. The Morgan fingerprint density at radius 3 is 2.50 bits per heavy atom. The molecule has 3 fully saturated rings. The van der Waals surface area contributed by atoms with Crippen LogP contribution in [0.3, 0.4) is 0 Å². The van der Waals surface area contributed by atoms with Crippen LogP contribution in [0.1, 0.15) is 73.1 Å². The first-order chi connectivity index (χ1) is 13.2. The smallest absolute Gasteiger partial charge is 0.409 e. The van der Waals surface area contributed by atoms with E-state index in [1.54, 1.807) is 0 Å². The van der Waals surface area contributed by atoms with Crippen molar-refractivity contribution in [1.29, 1.82) is 0 Å². The zero-order valence-corrected chi connectivity index (χ0v) is 19.2. The number of nitrogens with zero attached hydrogens (tertiary/aromatic N) is 3. The van der Waals surface area contributed by atoms with Gasteiger partial charge >= 0.3 is 6.09 Å². The monoisotopic (exact) mass is 393 g/mol. The molecule has 1 spiro atoms. The van der Waals surface area contributed by atoms with Crippen LogP contribution < -0.4 is 0 Å². The van der Waals surface area contributed by atoms with Crippen molar-refractivity contribution >= 4 is 6.09 Å². The van der Waals surface area contributed by atoms with E-state index in [9.17, 15) is 4.79 Å². The average molecular weight is 394 g/mol. The van der Waals surface area contributed by atoms with E-state index in [1.165, 1.54) is 58.8 Å². The first-order valence-electron chi connectivity index (χ1n) is 11.6. The fraction of sp³-hybridized carbons (Fsp3) is 0.957. The van der Waals surface area contributed by atoms with Gasteiger partial charge in [0.2, 0.25) is 0 Å². The highest BCUT2D eigenvalue weighted by molar-refractivity contribution is 5.67. The van der Waals surface area contributed by atoms with Gasteiger partial charge in [-0.1, -0.05) is 27.7 Å². The summed E-state index contributed by atoms with van der Waals surface area (Å²) < 4.78 is 4.94. The van der Waals surface area contributed by atoms with Crippen molar-refractivity contribution in [2.24, 2.45) is 10.8 Å². The van der Waals surface area contributed by atoms with Crippen LogP contribution >= 0.6 is 0 Å². The van der Waals surface area contributed by atoms with Gasteiger partial charge in [0.15, 0.2) is 0 Å². The molecule has 28 heavy (non-hydrogen) atoms. The largest absolute Gasteiger partial charge is 0.453 e. The van der Waals surface area contributed by atoms with Crippen molar-refractivity contribution in [3.63, 3.8) is 0 Å². The van der Waals surface area contributed by atoms with Gasteiger partial charge in [0.1, 0.15) is 0 Å². The fourth-order valence-corrected chi connectivity index (χ4v) is 6.24. The maximum Gasteiger partial charge on any atom is 0.409 e. The molecule has 2 heterocycles. The first-order valence-corrected chi connectivity index (χ1v) is 11.6. The predicted molar refractivity (Wildman–Crippen MR) is 115 cm³/mol. The van der Waals surface area contributed by atoms with E-state index in [0.29, 0.717) is 29.0 Å². The molecule has 5 heteroatoms. The average Bonchev–Trinajstić information content (AvgIpc) is 3.05. The van der Waals surface area contributed by atoms with Gasteiger partial charge in [0.05, 0.1) is 7.11 Å². The molecule has 162 valence electrons. The number of likely N-dealkylation sites (tertiary alicyclic amines) is 2. The van der Waals surface area contributed by atoms with E-state index in [1.807, 2.05) is 4.90 Å². The maximum atomic E-state index is 11.9. The SMILES string of the molecule is CCCN(CC)C1CCN(C2CC3(CCN(C(=O)OC)C3)C2)C(C)C(C)(C)C1. The molecule has 0 aromatic heterocycles. The van der Waals surface area contributed by atoms with Crippen LogP contribution in [-0.2, 0) is 4.74 Å². The Bertz CT molecular complexity index is 544. The van der Waals surface area contributed by atoms with Gasteiger partial charge < -0.3 is 14.5 Å². The lowest BCUT2D eigenvalue weighted by Gasteiger charge is -2.53. The van der Waals surface area contributed by atoms with Gasteiger partial charge in [-0.3, -0.25) is 4.90 Å². The van der Waals surface area contributed by atoms with Crippen LogP contribution in [0.4, 0.5) is 4.79 Å². The summed E-state index contributed by atoms with van der Waals surface area (Å²) in [5, 5.41) is 0. The third-order valence-corrected chi connectivity index (χ3v) is 8.22. The summed E-state index contributed by atoms with van der Waals surface area (Å²) in [6.45, 7) is 17.4. The van der Waals surface area contributed by atoms with Crippen LogP contribution in [0.15, 0.2) is 0 Å². The molecule has 1 amide bonds. The van der Waals surface area contributed by atoms with E-state index in [4.69, 9.17) is 4.74 Å². The number of hydrogen-bond acceptors (Lipinski definition) is 4. The normalized spacial score (nSPS) is 35.8. The molecule has 2 atom stereocenters. The van der Waals surface area contributed by atoms with Crippen molar-refractivity contribution < 1.29 is 9.53 Å². The first kappa shape index (κ1) is 21.9. The number of methoxy groups -OCH3 is 1. The van der Waals surface area contributed by atoms with Crippen molar-refractivity contribution in [3.8, 4) is 0 Å². The summed E-state index contributed by atoms with van der Waals surface area (Å²) in [7, 11) is 1.49. The minimum absolute atomic E-state index is 0.150. The molecule has 0 bridgehead atoms. The molecule has 2 unspecified atom stereocenters. The molecule has 0 aromatic rings. The number of rotatable bonds is 5. The van der Waals surface area contributed by atoms with E-state index in [2.05, 4.69) is 44.4 Å². The third-order valence-electron chi connectivity index (χ3n) is 8.22. The molecule has 1 saturated carbocycles. The second kappa shape index (κ2) is 8.51. The second-order valence-corrected chi connectivity index (χ2v) is 10.4. The Balaban J connectivity index is 1.63. The summed E-state index contributed by atoms with van der Waals surface area (Å²) >= 11 is 0. The van der Waals surface area contributed by atoms with Gasteiger partial charge in [0, 0.05) is 37.8 Å². The molecule has 3 rings (SSSR count). The zero-order chi connectivity index (χ0) is 20.5.